The Hall–Kier alpha value is -2.04. The molecular formula is C17H19ClN2O2. The fourth-order valence-electron chi connectivity index (χ4n) is 2.23. The summed E-state index contributed by atoms with van der Waals surface area (Å²) in [5.74, 6) is -0.918. The van der Waals surface area contributed by atoms with Gasteiger partial charge in [-0.25, -0.2) is 4.79 Å². The largest absolute Gasteiger partial charge is 0.478 e. The maximum absolute atomic E-state index is 10.8. The van der Waals surface area contributed by atoms with Crippen LogP contribution >= 0.6 is 11.6 Å². The summed E-state index contributed by atoms with van der Waals surface area (Å²) in [5.41, 5.74) is 2.35. The molecule has 0 aromatic heterocycles. The number of hydrogen-bond donors (Lipinski definition) is 2. The average Bonchev–Trinajstić information content (AvgIpc) is 2.49. The highest BCUT2D eigenvalue weighted by molar-refractivity contribution is 6.30. The van der Waals surface area contributed by atoms with Crippen LogP contribution in [0.3, 0.4) is 0 Å². The minimum absolute atomic E-state index is 0.191. The third-order valence-corrected chi connectivity index (χ3v) is 3.76. The lowest BCUT2D eigenvalue weighted by Crippen LogP contribution is -2.26. The number of halogens is 1. The van der Waals surface area contributed by atoms with Crippen LogP contribution in [0.15, 0.2) is 48.5 Å². The molecule has 0 bridgehead atoms. The van der Waals surface area contributed by atoms with Crippen LogP contribution in [0.25, 0.3) is 0 Å². The molecule has 1 atom stereocenters. The lowest BCUT2D eigenvalue weighted by Gasteiger charge is -2.25. The first-order chi connectivity index (χ1) is 10.5. The number of aromatic carboxylic acids is 1. The Bertz CT molecular complexity index is 624. The Morgan fingerprint density at radius 3 is 2.23 bits per heavy atom. The Balaban J connectivity index is 2.05. The molecule has 2 rings (SSSR count). The number of carboxylic acids is 1. The molecular weight excluding hydrogens is 300 g/mol. The second-order valence-corrected chi connectivity index (χ2v) is 5.73. The molecule has 0 fully saturated rings. The van der Waals surface area contributed by atoms with Crippen molar-refractivity contribution in [2.45, 2.75) is 6.04 Å². The summed E-state index contributed by atoms with van der Waals surface area (Å²) >= 11 is 5.93. The molecule has 0 heterocycles. The van der Waals surface area contributed by atoms with Gasteiger partial charge in [-0.05, 0) is 56.1 Å². The zero-order valence-corrected chi connectivity index (χ0v) is 13.3. The van der Waals surface area contributed by atoms with Crippen LogP contribution < -0.4 is 5.32 Å². The molecule has 0 aliphatic rings. The Morgan fingerprint density at radius 2 is 1.73 bits per heavy atom. The van der Waals surface area contributed by atoms with Crippen LogP contribution in [-0.4, -0.2) is 36.6 Å². The van der Waals surface area contributed by atoms with E-state index < -0.39 is 5.97 Å². The Morgan fingerprint density at radius 1 is 1.14 bits per heavy atom. The predicted molar refractivity (Wildman–Crippen MR) is 89.8 cm³/mol. The van der Waals surface area contributed by atoms with E-state index in [1.54, 1.807) is 24.3 Å². The van der Waals surface area contributed by atoms with Gasteiger partial charge in [0, 0.05) is 17.3 Å². The second-order valence-electron chi connectivity index (χ2n) is 5.29. The van der Waals surface area contributed by atoms with Crippen molar-refractivity contribution in [3.8, 4) is 0 Å². The third-order valence-electron chi connectivity index (χ3n) is 3.51. The van der Waals surface area contributed by atoms with Gasteiger partial charge in [-0.2, -0.15) is 0 Å². The van der Waals surface area contributed by atoms with Crippen molar-refractivity contribution in [1.29, 1.82) is 0 Å². The molecule has 116 valence electrons. The maximum atomic E-state index is 10.8. The average molecular weight is 319 g/mol. The number of nitrogens with one attached hydrogen (secondary N) is 1. The monoisotopic (exact) mass is 318 g/mol. The summed E-state index contributed by atoms with van der Waals surface area (Å²) < 4.78 is 0. The quantitative estimate of drug-likeness (QED) is 0.851. The maximum Gasteiger partial charge on any atom is 0.335 e. The first-order valence-electron chi connectivity index (χ1n) is 6.96. The SMILES string of the molecule is CN(C)C(CNc1ccc(C(=O)O)cc1)c1ccc(Cl)cc1. The van der Waals surface area contributed by atoms with Crippen molar-refractivity contribution in [3.63, 3.8) is 0 Å². The summed E-state index contributed by atoms with van der Waals surface area (Å²) in [6.07, 6.45) is 0. The molecule has 2 aromatic carbocycles. The molecule has 0 aliphatic carbocycles. The fraction of sp³-hybridized carbons (Fsp3) is 0.235. The van der Waals surface area contributed by atoms with E-state index in [0.29, 0.717) is 6.54 Å². The number of carbonyl (C=O) groups is 1. The molecule has 0 spiro atoms. The van der Waals surface area contributed by atoms with Crippen molar-refractivity contribution >= 4 is 23.3 Å². The Kier molecular flexibility index (Phi) is 5.41. The summed E-state index contributed by atoms with van der Waals surface area (Å²) in [7, 11) is 4.04. The molecule has 0 amide bonds. The summed E-state index contributed by atoms with van der Waals surface area (Å²) in [4.78, 5) is 13.0. The van der Waals surface area contributed by atoms with Gasteiger partial charge in [0.2, 0.25) is 0 Å². The lowest BCUT2D eigenvalue weighted by molar-refractivity contribution is 0.0697. The first-order valence-corrected chi connectivity index (χ1v) is 7.34. The summed E-state index contributed by atoms with van der Waals surface area (Å²) in [6, 6.07) is 14.7. The normalized spacial score (nSPS) is 12.2. The lowest BCUT2D eigenvalue weighted by atomic mass is 10.1. The van der Waals surface area contributed by atoms with Crippen molar-refractivity contribution in [2.75, 3.05) is 26.0 Å². The minimum Gasteiger partial charge on any atom is -0.478 e. The van der Waals surface area contributed by atoms with E-state index in [-0.39, 0.29) is 11.6 Å². The zero-order chi connectivity index (χ0) is 16.1. The van der Waals surface area contributed by atoms with Crippen molar-refractivity contribution < 1.29 is 9.90 Å². The Labute approximate surface area is 135 Å². The number of likely N-dealkylation sites (N-methyl/N-ethyl adjacent to an activating group) is 1. The summed E-state index contributed by atoms with van der Waals surface area (Å²) in [6.45, 7) is 0.709. The second kappa shape index (κ2) is 7.29. The molecule has 0 aliphatic heterocycles. The van der Waals surface area contributed by atoms with Gasteiger partial charge in [0.15, 0.2) is 0 Å². The molecule has 4 nitrogen and oxygen atoms in total. The van der Waals surface area contributed by atoms with Gasteiger partial charge >= 0.3 is 5.97 Å². The molecule has 0 saturated heterocycles. The van der Waals surface area contributed by atoms with Gasteiger partial charge < -0.3 is 15.3 Å². The molecule has 2 aromatic rings. The molecule has 1 unspecified atom stereocenters. The van der Waals surface area contributed by atoms with Crippen LogP contribution in [0.1, 0.15) is 22.0 Å². The van der Waals surface area contributed by atoms with Gasteiger partial charge in [-0.1, -0.05) is 23.7 Å². The number of anilines is 1. The fourth-order valence-corrected chi connectivity index (χ4v) is 2.35. The number of rotatable bonds is 6. The summed E-state index contributed by atoms with van der Waals surface area (Å²) in [5, 5.41) is 13.0. The highest BCUT2D eigenvalue weighted by Crippen LogP contribution is 2.21. The number of carboxylic acid groups (broad SMARTS) is 1. The van der Waals surface area contributed by atoms with E-state index in [4.69, 9.17) is 16.7 Å². The topological polar surface area (TPSA) is 52.6 Å². The molecule has 0 radical (unpaired) electrons. The van der Waals surface area contributed by atoms with Crippen LogP contribution in [0.5, 0.6) is 0 Å². The van der Waals surface area contributed by atoms with E-state index >= 15 is 0 Å². The van der Waals surface area contributed by atoms with E-state index in [9.17, 15) is 4.79 Å². The molecule has 2 N–H and O–H groups in total. The standard InChI is InChI=1S/C17H19ClN2O2/c1-20(2)16(12-3-7-14(18)8-4-12)11-19-15-9-5-13(6-10-15)17(21)22/h3-10,16,19H,11H2,1-2H3,(H,21,22). The van der Waals surface area contributed by atoms with E-state index in [1.165, 1.54) is 5.56 Å². The van der Waals surface area contributed by atoms with Crippen LogP contribution in [0, 0.1) is 0 Å². The third kappa shape index (κ3) is 4.23. The van der Waals surface area contributed by atoms with Gasteiger partial charge in [0.05, 0.1) is 11.6 Å². The number of hydrogen-bond acceptors (Lipinski definition) is 3. The molecule has 0 saturated carbocycles. The number of benzene rings is 2. The van der Waals surface area contributed by atoms with Gasteiger partial charge in [0.25, 0.3) is 0 Å². The first kappa shape index (κ1) is 16.3. The van der Waals surface area contributed by atoms with Gasteiger partial charge in [-0.15, -0.1) is 0 Å². The van der Waals surface area contributed by atoms with E-state index in [2.05, 4.69) is 10.2 Å². The van der Waals surface area contributed by atoms with Crippen LogP contribution in [0.2, 0.25) is 5.02 Å². The van der Waals surface area contributed by atoms with Crippen molar-refractivity contribution in [2.24, 2.45) is 0 Å². The zero-order valence-electron chi connectivity index (χ0n) is 12.6. The minimum atomic E-state index is -0.918. The van der Waals surface area contributed by atoms with E-state index in [0.717, 1.165) is 10.7 Å². The molecule has 22 heavy (non-hydrogen) atoms. The van der Waals surface area contributed by atoms with Gasteiger partial charge in [-0.3, -0.25) is 0 Å². The van der Waals surface area contributed by atoms with Crippen molar-refractivity contribution in [1.82, 2.24) is 4.90 Å². The van der Waals surface area contributed by atoms with Crippen molar-refractivity contribution in [3.05, 3.63) is 64.7 Å². The highest BCUT2D eigenvalue weighted by atomic mass is 35.5. The smallest absolute Gasteiger partial charge is 0.335 e. The molecule has 5 heteroatoms. The predicted octanol–water partition coefficient (Wildman–Crippen LogP) is 3.75. The van der Waals surface area contributed by atoms with E-state index in [1.807, 2.05) is 38.4 Å². The van der Waals surface area contributed by atoms with Crippen LogP contribution in [0.4, 0.5) is 5.69 Å². The van der Waals surface area contributed by atoms with Crippen LogP contribution in [-0.2, 0) is 0 Å². The highest BCUT2D eigenvalue weighted by Gasteiger charge is 2.14. The number of nitrogens with zero attached hydrogens (tertiary/aromatic N) is 1. The van der Waals surface area contributed by atoms with Gasteiger partial charge in [0.1, 0.15) is 0 Å².